The van der Waals surface area contributed by atoms with Gasteiger partial charge in [0.05, 0.1) is 6.54 Å². The van der Waals surface area contributed by atoms with Crippen molar-refractivity contribution in [3.05, 3.63) is 71.3 Å². The van der Waals surface area contributed by atoms with Crippen molar-refractivity contribution in [2.75, 3.05) is 19.6 Å². The van der Waals surface area contributed by atoms with Crippen LogP contribution < -0.4 is 10.6 Å². The molecule has 4 nitrogen and oxygen atoms in total. The summed E-state index contributed by atoms with van der Waals surface area (Å²) in [6, 6.07) is 12.5. The molecule has 2 aromatic carbocycles. The van der Waals surface area contributed by atoms with E-state index in [2.05, 4.69) is 15.6 Å². The van der Waals surface area contributed by atoms with Gasteiger partial charge < -0.3 is 15.7 Å². The Bertz CT molecular complexity index is 689. The van der Waals surface area contributed by atoms with Crippen LogP contribution in [0, 0.1) is 11.6 Å². The summed E-state index contributed by atoms with van der Waals surface area (Å²) in [5.74, 6) is -0.159. The molecule has 3 N–H and O–H groups in total. The SMILES string of the molecule is CCNC(=NCC(O)c1ccccc1F)NCCc1ccc(F)cc1. The third-order valence-electron chi connectivity index (χ3n) is 3.65. The van der Waals surface area contributed by atoms with Gasteiger partial charge in [0.1, 0.15) is 17.7 Å². The molecule has 2 rings (SSSR count). The molecule has 0 spiro atoms. The maximum Gasteiger partial charge on any atom is 0.191 e. The topological polar surface area (TPSA) is 56.7 Å². The van der Waals surface area contributed by atoms with Crippen LogP contribution in [0.25, 0.3) is 0 Å². The molecule has 0 saturated carbocycles. The zero-order valence-corrected chi connectivity index (χ0v) is 14.2. The Morgan fingerprint density at radius 1 is 1.08 bits per heavy atom. The summed E-state index contributed by atoms with van der Waals surface area (Å²) in [5.41, 5.74) is 1.24. The highest BCUT2D eigenvalue weighted by molar-refractivity contribution is 5.79. The van der Waals surface area contributed by atoms with E-state index in [0.29, 0.717) is 25.5 Å². The maximum absolute atomic E-state index is 13.7. The minimum Gasteiger partial charge on any atom is -0.386 e. The molecule has 0 heterocycles. The number of guanidine groups is 1. The molecular weight excluding hydrogens is 324 g/mol. The van der Waals surface area contributed by atoms with Crippen LogP contribution in [0.3, 0.4) is 0 Å². The number of hydrogen-bond donors (Lipinski definition) is 3. The van der Waals surface area contributed by atoms with Crippen LogP contribution in [0.5, 0.6) is 0 Å². The van der Waals surface area contributed by atoms with Gasteiger partial charge in [0.2, 0.25) is 0 Å². The Labute approximate surface area is 146 Å². The largest absolute Gasteiger partial charge is 0.386 e. The number of hydrogen-bond acceptors (Lipinski definition) is 2. The smallest absolute Gasteiger partial charge is 0.191 e. The lowest BCUT2D eigenvalue weighted by Crippen LogP contribution is -2.38. The third kappa shape index (κ3) is 6.15. The highest BCUT2D eigenvalue weighted by Crippen LogP contribution is 2.16. The summed E-state index contributed by atoms with van der Waals surface area (Å²) in [6.07, 6.45) is -0.297. The second-order valence-corrected chi connectivity index (χ2v) is 5.56. The van der Waals surface area contributed by atoms with Crippen LogP contribution in [0.2, 0.25) is 0 Å². The zero-order valence-electron chi connectivity index (χ0n) is 14.2. The van der Waals surface area contributed by atoms with Crippen LogP contribution >= 0.6 is 0 Å². The average molecular weight is 347 g/mol. The molecule has 6 heteroatoms. The van der Waals surface area contributed by atoms with E-state index in [0.717, 1.165) is 5.56 Å². The first kappa shape index (κ1) is 18.9. The van der Waals surface area contributed by atoms with Crippen molar-refractivity contribution in [2.45, 2.75) is 19.4 Å². The highest BCUT2D eigenvalue weighted by atomic mass is 19.1. The minimum absolute atomic E-state index is 0.0484. The highest BCUT2D eigenvalue weighted by Gasteiger charge is 2.11. The molecule has 0 fully saturated rings. The van der Waals surface area contributed by atoms with E-state index in [1.54, 1.807) is 30.3 Å². The minimum atomic E-state index is -1.01. The Morgan fingerprint density at radius 3 is 2.48 bits per heavy atom. The van der Waals surface area contributed by atoms with Crippen LogP contribution in [-0.2, 0) is 6.42 Å². The van der Waals surface area contributed by atoms with E-state index >= 15 is 0 Å². The van der Waals surface area contributed by atoms with E-state index in [9.17, 15) is 13.9 Å². The summed E-state index contributed by atoms with van der Waals surface area (Å²) in [4.78, 5) is 4.29. The molecule has 0 aliphatic carbocycles. The summed E-state index contributed by atoms with van der Waals surface area (Å²) in [6.45, 7) is 3.25. The molecule has 0 saturated heterocycles. The third-order valence-corrected chi connectivity index (χ3v) is 3.65. The van der Waals surface area contributed by atoms with Crippen molar-refractivity contribution in [3.8, 4) is 0 Å². The van der Waals surface area contributed by atoms with Crippen LogP contribution in [0.15, 0.2) is 53.5 Å². The number of aliphatic hydroxyl groups excluding tert-OH is 1. The second kappa shape index (κ2) is 9.74. The molecule has 134 valence electrons. The van der Waals surface area contributed by atoms with Crippen molar-refractivity contribution in [3.63, 3.8) is 0 Å². The molecule has 1 unspecified atom stereocenters. The zero-order chi connectivity index (χ0) is 18.1. The first-order valence-corrected chi connectivity index (χ1v) is 8.29. The van der Waals surface area contributed by atoms with Crippen molar-refractivity contribution in [1.82, 2.24) is 10.6 Å². The van der Waals surface area contributed by atoms with Gasteiger partial charge in [-0.25, -0.2) is 8.78 Å². The molecule has 2 aromatic rings. The molecule has 0 bridgehead atoms. The summed E-state index contributed by atoms with van der Waals surface area (Å²) in [7, 11) is 0. The predicted molar refractivity (Wildman–Crippen MR) is 95.4 cm³/mol. The lowest BCUT2D eigenvalue weighted by atomic mass is 10.1. The number of nitrogens with one attached hydrogen (secondary N) is 2. The van der Waals surface area contributed by atoms with Gasteiger partial charge in [-0.3, -0.25) is 4.99 Å². The number of halogens is 2. The van der Waals surface area contributed by atoms with Gasteiger partial charge in [-0.2, -0.15) is 0 Å². The fourth-order valence-corrected chi connectivity index (χ4v) is 2.34. The van der Waals surface area contributed by atoms with Crippen molar-refractivity contribution in [2.24, 2.45) is 4.99 Å². The van der Waals surface area contributed by atoms with Crippen LogP contribution in [-0.4, -0.2) is 30.7 Å². The summed E-state index contributed by atoms with van der Waals surface area (Å²) >= 11 is 0. The molecule has 0 aromatic heterocycles. The van der Waals surface area contributed by atoms with Crippen LogP contribution in [0.4, 0.5) is 8.78 Å². The molecule has 0 radical (unpaired) electrons. The standard InChI is InChI=1S/C19H23F2N3O/c1-2-22-19(23-12-11-14-7-9-15(20)10-8-14)24-13-18(25)16-5-3-4-6-17(16)21/h3-10,18,25H,2,11-13H2,1H3,(H2,22,23,24). The quantitative estimate of drug-likeness (QED) is 0.533. The molecule has 25 heavy (non-hydrogen) atoms. The summed E-state index contributed by atoms with van der Waals surface area (Å²) in [5, 5.41) is 16.3. The first-order valence-electron chi connectivity index (χ1n) is 8.29. The molecule has 0 amide bonds. The number of rotatable bonds is 7. The van der Waals surface area contributed by atoms with Gasteiger partial charge in [0, 0.05) is 18.7 Å². The predicted octanol–water partition coefficient (Wildman–Crippen LogP) is 2.80. The summed E-state index contributed by atoms with van der Waals surface area (Å²) < 4.78 is 26.6. The van der Waals surface area contributed by atoms with Gasteiger partial charge in [0.15, 0.2) is 5.96 Å². The van der Waals surface area contributed by atoms with Gasteiger partial charge in [-0.1, -0.05) is 30.3 Å². The number of aliphatic hydroxyl groups is 1. The Balaban J connectivity index is 1.89. The van der Waals surface area contributed by atoms with Gasteiger partial charge in [0.25, 0.3) is 0 Å². The number of nitrogens with zero attached hydrogens (tertiary/aromatic N) is 1. The van der Waals surface area contributed by atoms with E-state index in [1.807, 2.05) is 6.92 Å². The monoisotopic (exact) mass is 347 g/mol. The van der Waals surface area contributed by atoms with Gasteiger partial charge in [-0.15, -0.1) is 0 Å². The van der Waals surface area contributed by atoms with Crippen LogP contribution in [0.1, 0.15) is 24.2 Å². The Morgan fingerprint density at radius 2 is 1.80 bits per heavy atom. The van der Waals surface area contributed by atoms with E-state index in [1.165, 1.54) is 18.2 Å². The second-order valence-electron chi connectivity index (χ2n) is 5.56. The van der Waals surface area contributed by atoms with Crippen molar-refractivity contribution >= 4 is 5.96 Å². The molecule has 1 atom stereocenters. The maximum atomic E-state index is 13.7. The van der Waals surface area contributed by atoms with Crippen molar-refractivity contribution < 1.29 is 13.9 Å². The normalized spacial score (nSPS) is 12.7. The Hall–Kier alpha value is -2.47. The van der Waals surface area contributed by atoms with E-state index < -0.39 is 11.9 Å². The molecule has 0 aliphatic rings. The molecular formula is C19H23F2N3O. The fraction of sp³-hybridized carbons (Fsp3) is 0.316. The van der Waals surface area contributed by atoms with Gasteiger partial charge >= 0.3 is 0 Å². The van der Waals surface area contributed by atoms with Gasteiger partial charge in [-0.05, 0) is 37.1 Å². The lowest BCUT2D eigenvalue weighted by Gasteiger charge is -2.14. The van der Waals surface area contributed by atoms with E-state index in [4.69, 9.17) is 0 Å². The van der Waals surface area contributed by atoms with E-state index in [-0.39, 0.29) is 17.9 Å². The lowest BCUT2D eigenvalue weighted by molar-refractivity contribution is 0.182. The average Bonchev–Trinajstić information content (AvgIpc) is 2.61. The number of aliphatic imine (C=N–C) groups is 1. The Kier molecular flexibility index (Phi) is 7.35. The molecule has 0 aliphatic heterocycles. The number of benzene rings is 2. The first-order chi connectivity index (χ1) is 12.1. The van der Waals surface area contributed by atoms with Crippen molar-refractivity contribution in [1.29, 1.82) is 0 Å². The fourth-order valence-electron chi connectivity index (χ4n) is 2.34.